The Hall–Kier alpha value is -0.380. The largest absolute Gasteiger partial charge is 0.394 e. The van der Waals surface area contributed by atoms with Crippen LogP contribution in [0.25, 0.3) is 0 Å². The Kier molecular flexibility index (Phi) is 5.03. The highest BCUT2D eigenvalue weighted by Gasteiger charge is 2.59. The maximum absolute atomic E-state index is 10.1. The first-order valence-electron chi connectivity index (χ1n) is 11.0. The minimum atomic E-state index is -0.111. The van der Waals surface area contributed by atoms with Crippen molar-refractivity contribution in [3.05, 3.63) is 11.6 Å². The van der Waals surface area contributed by atoms with Crippen molar-refractivity contribution in [1.29, 1.82) is 0 Å². The fourth-order valence-electron chi connectivity index (χ4n) is 7.81. The van der Waals surface area contributed by atoms with Crippen LogP contribution in [0.2, 0.25) is 0 Å². The molecule has 3 heteroatoms. The van der Waals surface area contributed by atoms with Gasteiger partial charge in [0, 0.05) is 0 Å². The minimum Gasteiger partial charge on any atom is -0.394 e. The van der Waals surface area contributed by atoms with E-state index in [1.54, 1.807) is 5.57 Å². The summed E-state index contributed by atoms with van der Waals surface area (Å²) in [5.74, 6) is 3.06. The lowest BCUT2D eigenvalue weighted by Gasteiger charge is -2.58. The standard InChI is InChI=1S/C23H38O3/c1-15(26-13-12-24)19-6-7-20-18-5-4-16-14-17(25)8-10-22(16,2)21(18)9-11-23(19,20)3/h4,15,17-21,24-25H,5-14H2,1-3H3/t15-,17-,18-,19+,20-,21-,22-,23+/m0/s1. The van der Waals surface area contributed by atoms with Gasteiger partial charge in [0.05, 0.1) is 25.4 Å². The molecule has 0 spiro atoms. The molecule has 0 amide bonds. The van der Waals surface area contributed by atoms with Crippen molar-refractivity contribution >= 4 is 0 Å². The highest BCUT2D eigenvalue weighted by Crippen LogP contribution is 2.66. The van der Waals surface area contributed by atoms with Crippen molar-refractivity contribution in [3.8, 4) is 0 Å². The molecule has 2 N–H and O–H groups in total. The van der Waals surface area contributed by atoms with Crippen LogP contribution in [0.15, 0.2) is 11.6 Å². The molecule has 148 valence electrons. The topological polar surface area (TPSA) is 49.7 Å². The number of hydrogen-bond donors (Lipinski definition) is 2. The van der Waals surface area contributed by atoms with Crippen LogP contribution in [0.3, 0.4) is 0 Å². The molecule has 8 atom stereocenters. The van der Waals surface area contributed by atoms with Crippen molar-refractivity contribution < 1.29 is 14.9 Å². The Balaban J connectivity index is 1.56. The maximum atomic E-state index is 10.1. The molecule has 3 nitrogen and oxygen atoms in total. The van der Waals surface area contributed by atoms with Gasteiger partial charge in [0.2, 0.25) is 0 Å². The molecule has 26 heavy (non-hydrogen) atoms. The van der Waals surface area contributed by atoms with E-state index in [2.05, 4.69) is 26.8 Å². The van der Waals surface area contributed by atoms with E-state index in [4.69, 9.17) is 9.84 Å². The van der Waals surface area contributed by atoms with Crippen molar-refractivity contribution in [3.63, 3.8) is 0 Å². The first kappa shape index (κ1) is 19.0. The fraction of sp³-hybridized carbons (Fsp3) is 0.913. The molecule has 0 bridgehead atoms. The third-order valence-electron chi connectivity index (χ3n) is 9.19. The molecule has 0 unspecified atom stereocenters. The van der Waals surface area contributed by atoms with E-state index in [0.717, 1.165) is 30.6 Å². The second-order valence-corrected chi connectivity index (χ2v) is 10.2. The van der Waals surface area contributed by atoms with Crippen molar-refractivity contribution in [1.82, 2.24) is 0 Å². The van der Waals surface area contributed by atoms with E-state index in [0.29, 0.717) is 23.4 Å². The van der Waals surface area contributed by atoms with Gasteiger partial charge < -0.3 is 14.9 Å². The Bertz CT molecular complexity index is 558. The molecule has 3 saturated carbocycles. The second kappa shape index (κ2) is 6.90. The second-order valence-electron chi connectivity index (χ2n) is 10.2. The third-order valence-corrected chi connectivity index (χ3v) is 9.19. The van der Waals surface area contributed by atoms with Crippen LogP contribution >= 0.6 is 0 Å². The summed E-state index contributed by atoms with van der Waals surface area (Å²) in [6.45, 7) is 7.86. The lowest BCUT2D eigenvalue weighted by molar-refractivity contribution is -0.0840. The summed E-state index contributed by atoms with van der Waals surface area (Å²) in [6, 6.07) is 0. The predicted molar refractivity (Wildman–Crippen MR) is 104 cm³/mol. The summed E-state index contributed by atoms with van der Waals surface area (Å²) < 4.78 is 5.95. The van der Waals surface area contributed by atoms with Crippen LogP contribution in [-0.2, 0) is 4.74 Å². The minimum absolute atomic E-state index is 0.111. The highest BCUT2D eigenvalue weighted by molar-refractivity contribution is 5.25. The quantitative estimate of drug-likeness (QED) is 0.732. The Labute approximate surface area is 159 Å². The Morgan fingerprint density at radius 3 is 2.73 bits per heavy atom. The maximum Gasteiger partial charge on any atom is 0.0701 e. The van der Waals surface area contributed by atoms with Crippen molar-refractivity contribution in [2.45, 2.75) is 84.3 Å². The van der Waals surface area contributed by atoms with Crippen LogP contribution in [0.4, 0.5) is 0 Å². The van der Waals surface area contributed by atoms with E-state index >= 15 is 0 Å². The summed E-state index contributed by atoms with van der Waals surface area (Å²) >= 11 is 0. The molecule has 4 aliphatic carbocycles. The van der Waals surface area contributed by atoms with Crippen LogP contribution in [0.5, 0.6) is 0 Å². The number of ether oxygens (including phenoxy) is 1. The van der Waals surface area contributed by atoms with Gasteiger partial charge >= 0.3 is 0 Å². The van der Waals surface area contributed by atoms with Crippen molar-refractivity contribution in [2.75, 3.05) is 13.2 Å². The molecule has 0 aromatic rings. The van der Waals surface area contributed by atoms with Crippen LogP contribution in [-0.4, -0.2) is 35.6 Å². The van der Waals surface area contributed by atoms with Crippen LogP contribution in [0, 0.1) is 34.5 Å². The molecule has 0 aliphatic heterocycles. The van der Waals surface area contributed by atoms with Gasteiger partial charge in [0.1, 0.15) is 0 Å². The number of aliphatic hydroxyl groups excluding tert-OH is 2. The predicted octanol–water partition coefficient (Wildman–Crippen LogP) is 4.32. The average Bonchev–Trinajstić information content (AvgIpc) is 2.97. The number of aliphatic hydroxyl groups is 2. The summed E-state index contributed by atoms with van der Waals surface area (Å²) in [7, 11) is 0. The van der Waals surface area contributed by atoms with Gasteiger partial charge in [0.15, 0.2) is 0 Å². The third kappa shape index (κ3) is 2.81. The summed E-state index contributed by atoms with van der Waals surface area (Å²) in [5.41, 5.74) is 2.29. The molecule has 0 heterocycles. The lowest BCUT2D eigenvalue weighted by atomic mass is 9.47. The van der Waals surface area contributed by atoms with Crippen LogP contribution < -0.4 is 0 Å². The highest BCUT2D eigenvalue weighted by atomic mass is 16.5. The SMILES string of the molecule is C[C@H](OCCO)[C@H]1CC[C@H]2[C@@H]3CC=C4C[C@@H](O)CC[C@]4(C)[C@H]3CC[C@]12C. The lowest BCUT2D eigenvalue weighted by Crippen LogP contribution is -2.51. The molecule has 0 saturated heterocycles. The smallest absolute Gasteiger partial charge is 0.0701 e. The van der Waals surface area contributed by atoms with Gasteiger partial charge in [-0.2, -0.15) is 0 Å². The first-order chi connectivity index (χ1) is 12.4. The fourth-order valence-corrected chi connectivity index (χ4v) is 7.81. The number of hydrogen-bond acceptors (Lipinski definition) is 3. The molecule has 4 aliphatic rings. The Morgan fingerprint density at radius 1 is 1.15 bits per heavy atom. The molecule has 3 fully saturated rings. The van der Waals surface area contributed by atoms with Gasteiger partial charge in [-0.1, -0.05) is 25.5 Å². The number of allylic oxidation sites excluding steroid dienone is 1. The average molecular weight is 363 g/mol. The monoisotopic (exact) mass is 362 g/mol. The van der Waals surface area contributed by atoms with Gasteiger partial charge in [0.25, 0.3) is 0 Å². The van der Waals surface area contributed by atoms with Gasteiger partial charge in [-0.15, -0.1) is 0 Å². The normalized spacial score (nSPS) is 49.0. The zero-order chi connectivity index (χ0) is 18.5. The van der Waals surface area contributed by atoms with E-state index in [9.17, 15) is 5.11 Å². The zero-order valence-electron chi connectivity index (χ0n) is 16.9. The molecule has 0 aromatic heterocycles. The van der Waals surface area contributed by atoms with E-state index in [1.165, 1.54) is 38.5 Å². The van der Waals surface area contributed by atoms with Gasteiger partial charge in [-0.25, -0.2) is 0 Å². The Morgan fingerprint density at radius 2 is 1.96 bits per heavy atom. The number of rotatable bonds is 4. The van der Waals surface area contributed by atoms with Crippen LogP contribution in [0.1, 0.15) is 72.1 Å². The van der Waals surface area contributed by atoms with E-state index < -0.39 is 0 Å². The molecular formula is C23H38O3. The van der Waals surface area contributed by atoms with E-state index in [1.807, 2.05) is 0 Å². The van der Waals surface area contributed by atoms with Gasteiger partial charge in [-0.05, 0) is 92.8 Å². The molecule has 4 rings (SSSR count). The molecule has 0 aromatic carbocycles. The van der Waals surface area contributed by atoms with Crippen molar-refractivity contribution in [2.24, 2.45) is 34.5 Å². The molecule has 0 radical (unpaired) electrons. The molecular weight excluding hydrogens is 324 g/mol. The summed E-state index contributed by atoms with van der Waals surface area (Å²) in [6.07, 6.45) is 12.2. The van der Waals surface area contributed by atoms with Gasteiger partial charge in [-0.3, -0.25) is 0 Å². The number of fused-ring (bicyclic) bond motifs is 5. The summed E-state index contributed by atoms with van der Waals surface area (Å²) in [4.78, 5) is 0. The summed E-state index contributed by atoms with van der Waals surface area (Å²) in [5, 5.41) is 19.3. The first-order valence-corrected chi connectivity index (χ1v) is 11.0. The zero-order valence-corrected chi connectivity index (χ0v) is 16.9. The van der Waals surface area contributed by atoms with E-state index in [-0.39, 0.29) is 18.8 Å².